The van der Waals surface area contributed by atoms with Gasteiger partial charge >= 0.3 is 27.9 Å². The van der Waals surface area contributed by atoms with Gasteiger partial charge in [0.1, 0.15) is 0 Å². The van der Waals surface area contributed by atoms with E-state index in [1.54, 1.807) is 41.5 Å². The Morgan fingerprint density at radius 2 is 1.00 bits per heavy atom. The third kappa shape index (κ3) is 44.9. The van der Waals surface area contributed by atoms with E-state index in [4.69, 9.17) is 0 Å². The first-order valence-corrected chi connectivity index (χ1v) is 6.81. The Balaban J connectivity index is -0.000000118. The van der Waals surface area contributed by atoms with Crippen LogP contribution in [0.25, 0.3) is 0 Å². The van der Waals surface area contributed by atoms with Crippen LogP contribution in [0.2, 0.25) is 0 Å². The van der Waals surface area contributed by atoms with Crippen LogP contribution in [-0.2, 0) is 27.9 Å². The third-order valence-electron chi connectivity index (χ3n) is 1.05. The monoisotopic (exact) mass is 370 g/mol. The molecule has 132 valence electrons. The van der Waals surface area contributed by atoms with E-state index in [9.17, 15) is 28.5 Å². The molecule has 0 spiro atoms. The molecule has 0 bridgehead atoms. The van der Waals surface area contributed by atoms with Gasteiger partial charge in [-0.1, -0.05) is 47.1 Å². The molecular formula is C16H25F3O3Ti. The first-order chi connectivity index (χ1) is 9.80. The molecule has 0 heterocycles. The van der Waals surface area contributed by atoms with Crippen LogP contribution in [-0.4, -0.2) is 18.3 Å². The fourth-order valence-corrected chi connectivity index (χ4v) is 0.576. The Labute approximate surface area is 152 Å². The predicted molar refractivity (Wildman–Crippen MR) is 75.7 cm³/mol. The van der Waals surface area contributed by atoms with Gasteiger partial charge in [0, 0.05) is 0 Å². The van der Waals surface area contributed by atoms with E-state index >= 15 is 0 Å². The molecule has 1 aromatic carbocycles. The van der Waals surface area contributed by atoms with Gasteiger partial charge in [0.2, 0.25) is 0 Å². The third-order valence-corrected chi connectivity index (χ3v) is 1.05. The molecule has 1 aromatic rings. The number of halogens is 3. The van der Waals surface area contributed by atoms with E-state index in [0.29, 0.717) is 0 Å². The molecule has 0 atom stereocenters. The van der Waals surface area contributed by atoms with E-state index in [1.807, 2.05) is 0 Å². The van der Waals surface area contributed by atoms with E-state index in [0.717, 1.165) is 12.1 Å². The number of alkyl halides is 3. The first-order valence-electron chi connectivity index (χ1n) is 6.81. The van der Waals surface area contributed by atoms with Gasteiger partial charge in [-0.25, -0.2) is 0 Å². The standard InChI is InChI=1S/C7H4F3.3C3H7O.Ti/c8-7(9,10)6-4-2-1-3-5-6;3*1-3(2)4;/h2-5H;3*3H,1-2H3;/q4*-1;+4. The molecule has 3 nitrogen and oxygen atoms in total. The fourth-order valence-electron chi connectivity index (χ4n) is 0.576. The summed E-state index contributed by atoms with van der Waals surface area (Å²) < 4.78 is 35.3. The molecule has 0 aliphatic heterocycles. The Morgan fingerprint density at radius 1 is 0.783 bits per heavy atom. The van der Waals surface area contributed by atoms with Crippen LogP contribution < -0.4 is 15.3 Å². The molecule has 7 heteroatoms. The molecule has 0 N–H and O–H groups in total. The zero-order valence-electron chi connectivity index (χ0n) is 14.4. The van der Waals surface area contributed by atoms with Crippen molar-refractivity contribution in [1.82, 2.24) is 0 Å². The van der Waals surface area contributed by atoms with Gasteiger partial charge in [0.15, 0.2) is 0 Å². The quantitative estimate of drug-likeness (QED) is 0.516. The van der Waals surface area contributed by atoms with Crippen molar-refractivity contribution < 1.29 is 50.2 Å². The topological polar surface area (TPSA) is 69.2 Å². The normalized spacial score (nSPS) is 9.70. The number of rotatable bonds is 0. The van der Waals surface area contributed by atoms with Crippen molar-refractivity contribution in [1.29, 1.82) is 0 Å². The van der Waals surface area contributed by atoms with Crippen LogP contribution in [0.15, 0.2) is 24.3 Å². The van der Waals surface area contributed by atoms with E-state index in [2.05, 4.69) is 6.07 Å². The first kappa shape index (κ1) is 30.5. The molecule has 0 unspecified atom stereocenters. The van der Waals surface area contributed by atoms with E-state index in [-0.39, 0.29) is 21.7 Å². The van der Waals surface area contributed by atoms with Crippen LogP contribution in [0.5, 0.6) is 0 Å². The van der Waals surface area contributed by atoms with Gasteiger partial charge < -0.3 is 15.3 Å². The molecule has 0 amide bonds. The molecule has 0 aliphatic rings. The molecule has 1 rings (SSSR count). The Bertz CT molecular complexity index is 307. The Morgan fingerprint density at radius 3 is 1.13 bits per heavy atom. The zero-order valence-corrected chi connectivity index (χ0v) is 16.0. The maximum Gasteiger partial charge on any atom is 4.00 e. The van der Waals surface area contributed by atoms with Gasteiger partial charge in [-0.05, 0) is 0 Å². The second-order valence-corrected chi connectivity index (χ2v) is 4.93. The van der Waals surface area contributed by atoms with Crippen molar-refractivity contribution in [2.75, 3.05) is 0 Å². The van der Waals surface area contributed by atoms with Crippen LogP contribution in [0.4, 0.5) is 13.2 Å². The summed E-state index contributed by atoms with van der Waals surface area (Å²) in [6.07, 6.45) is -5.48. The second-order valence-electron chi connectivity index (χ2n) is 4.93. The molecule has 0 fully saturated rings. The van der Waals surface area contributed by atoms with Gasteiger partial charge in [-0.2, -0.15) is 43.5 Å². The predicted octanol–water partition coefficient (Wildman–Crippen LogP) is 1.77. The smallest absolute Gasteiger partial charge is 0.852 e. The minimum atomic E-state index is -4.23. The van der Waals surface area contributed by atoms with Crippen molar-refractivity contribution in [3.8, 4) is 0 Å². The van der Waals surface area contributed by atoms with Crippen LogP contribution in [0, 0.1) is 6.07 Å². The van der Waals surface area contributed by atoms with Gasteiger partial charge in [-0.15, -0.1) is 18.3 Å². The van der Waals surface area contributed by atoms with Crippen LogP contribution in [0.3, 0.4) is 0 Å². The van der Waals surface area contributed by atoms with E-state index < -0.39 is 30.1 Å². The molecule has 0 saturated heterocycles. The summed E-state index contributed by atoms with van der Waals surface area (Å²) in [5, 5.41) is 28.6. The average molecular weight is 370 g/mol. The summed E-state index contributed by atoms with van der Waals surface area (Å²) >= 11 is 0. The minimum Gasteiger partial charge on any atom is -0.852 e. The zero-order chi connectivity index (χ0) is 18.3. The summed E-state index contributed by atoms with van der Waals surface area (Å²) in [6.45, 7) is 9.67. The largest absolute Gasteiger partial charge is 4.00 e. The van der Waals surface area contributed by atoms with Gasteiger partial charge in [-0.3, -0.25) is 0 Å². The van der Waals surface area contributed by atoms with Crippen molar-refractivity contribution in [2.24, 2.45) is 0 Å². The van der Waals surface area contributed by atoms with Crippen molar-refractivity contribution in [3.05, 3.63) is 35.9 Å². The summed E-state index contributed by atoms with van der Waals surface area (Å²) in [5.41, 5.74) is -0.633. The average Bonchev–Trinajstić information content (AvgIpc) is 2.26. The maximum absolute atomic E-state index is 11.8. The second kappa shape index (κ2) is 18.0. The minimum absolute atomic E-state index is 0. The summed E-state index contributed by atoms with van der Waals surface area (Å²) in [4.78, 5) is 0. The fraction of sp³-hybridized carbons (Fsp3) is 0.625. The molecular weight excluding hydrogens is 345 g/mol. The SMILES string of the molecule is CC(C)[O-].CC(C)[O-].CC(C)[O-].FC(F)(F)c1cc[c-]cc1.[Ti+4]. The van der Waals surface area contributed by atoms with Crippen LogP contribution in [0.1, 0.15) is 47.1 Å². The Hall–Kier alpha value is -0.396. The summed E-state index contributed by atoms with van der Waals surface area (Å²) in [5.74, 6) is 0. The number of hydrogen-bond donors (Lipinski definition) is 0. The molecule has 0 aliphatic carbocycles. The van der Waals surface area contributed by atoms with Crippen molar-refractivity contribution in [3.63, 3.8) is 0 Å². The molecule has 0 radical (unpaired) electrons. The van der Waals surface area contributed by atoms with E-state index in [1.165, 1.54) is 12.1 Å². The van der Waals surface area contributed by atoms with Crippen molar-refractivity contribution in [2.45, 2.75) is 66.0 Å². The molecule has 0 saturated carbocycles. The van der Waals surface area contributed by atoms with Crippen molar-refractivity contribution >= 4 is 0 Å². The maximum atomic E-state index is 11.8. The van der Waals surface area contributed by atoms with Gasteiger partial charge in [0.25, 0.3) is 0 Å². The number of hydrogen-bond acceptors (Lipinski definition) is 3. The van der Waals surface area contributed by atoms with Crippen LogP contribution >= 0.6 is 0 Å². The van der Waals surface area contributed by atoms with Gasteiger partial charge in [0.05, 0.1) is 0 Å². The Kier molecular flexibility index (Phi) is 23.8. The summed E-state index contributed by atoms with van der Waals surface area (Å²) in [7, 11) is 0. The summed E-state index contributed by atoms with van der Waals surface area (Å²) in [6, 6.07) is 6.95. The molecule has 0 aromatic heterocycles. The molecule has 23 heavy (non-hydrogen) atoms. The number of benzene rings is 1.